The molecule has 4 atom stereocenters. The molecule has 84 valence electrons. The summed E-state index contributed by atoms with van der Waals surface area (Å²) in [7, 11) is 0. The van der Waals surface area contributed by atoms with Gasteiger partial charge in [0.15, 0.2) is 0 Å². The van der Waals surface area contributed by atoms with E-state index in [1.165, 1.54) is 32.2 Å². The average molecular weight is 197 g/mol. The molecule has 4 unspecified atom stereocenters. The van der Waals surface area contributed by atoms with Gasteiger partial charge in [0.25, 0.3) is 0 Å². The lowest BCUT2D eigenvalue weighted by atomic mass is 9.78. The number of rotatable bonds is 4. The summed E-state index contributed by atoms with van der Waals surface area (Å²) in [4.78, 5) is 0. The van der Waals surface area contributed by atoms with E-state index in [2.05, 4.69) is 33.0 Å². The third kappa shape index (κ3) is 3.27. The molecular formula is C13H27N. The van der Waals surface area contributed by atoms with Gasteiger partial charge in [0, 0.05) is 6.04 Å². The predicted molar refractivity (Wildman–Crippen MR) is 63.4 cm³/mol. The van der Waals surface area contributed by atoms with Gasteiger partial charge >= 0.3 is 0 Å². The predicted octanol–water partition coefficient (Wildman–Crippen LogP) is 3.45. The third-order valence-electron chi connectivity index (χ3n) is 4.13. The molecule has 0 aromatic rings. The molecule has 1 rings (SSSR count). The summed E-state index contributed by atoms with van der Waals surface area (Å²) in [5, 5.41) is 3.75. The van der Waals surface area contributed by atoms with E-state index in [-0.39, 0.29) is 0 Å². The lowest BCUT2D eigenvalue weighted by Crippen LogP contribution is -2.42. The van der Waals surface area contributed by atoms with E-state index >= 15 is 0 Å². The fourth-order valence-corrected chi connectivity index (χ4v) is 2.37. The van der Waals surface area contributed by atoms with Crippen LogP contribution in [0.2, 0.25) is 0 Å². The van der Waals surface area contributed by atoms with Crippen LogP contribution in [0, 0.1) is 17.8 Å². The van der Waals surface area contributed by atoms with Gasteiger partial charge in [-0.15, -0.1) is 0 Å². The molecule has 0 aliphatic heterocycles. The molecular weight excluding hydrogens is 170 g/mol. The highest BCUT2D eigenvalue weighted by molar-refractivity contribution is 4.82. The molecule has 1 saturated carbocycles. The van der Waals surface area contributed by atoms with Crippen LogP contribution in [0.3, 0.4) is 0 Å². The van der Waals surface area contributed by atoms with Crippen molar-refractivity contribution in [1.29, 1.82) is 0 Å². The minimum absolute atomic E-state index is 0.785. The largest absolute Gasteiger partial charge is 0.313 e. The number of nitrogens with one attached hydrogen (secondary N) is 1. The molecule has 1 fully saturated rings. The molecule has 1 nitrogen and oxygen atoms in total. The first-order chi connectivity index (χ1) is 6.65. The lowest BCUT2D eigenvalue weighted by Gasteiger charge is -2.35. The summed E-state index contributed by atoms with van der Waals surface area (Å²) in [6.45, 7) is 10.6. The first-order valence-electron chi connectivity index (χ1n) is 6.38. The second-order valence-corrected chi connectivity index (χ2v) is 5.30. The highest BCUT2D eigenvalue weighted by atomic mass is 14.9. The minimum Gasteiger partial charge on any atom is -0.313 e. The van der Waals surface area contributed by atoms with Crippen LogP contribution in [0.15, 0.2) is 0 Å². The van der Waals surface area contributed by atoms with E-state index in [0.29, 0.717) is 0 Å². The molecule has 0 aromatic heterocycles. The Kier molecular flexibility index (Phi) is 4.94. The van der Waals surface area contributed by atoms with Crippen molar-refractivity contribution < 1.29 is 0 Å². The van der Waals surface area contributed by atoms with E-state index in [4.69, 9.17) is 0 Å². The monoisotopic (exact) mass is 197 g/mol. The second-order valence-electron chi connectivity index (χ2n) is 5.30. The van der Waals surface area contributed by atoms with Crippen molar-refractivity contribution in [3.05, 3.63) is 0 Å². The van der Waals surface area contributed by atoms with Crippen molar-refractivity contribution in [2.45, 2.75) is 59.4 Å². The fourth-order valence-electron chi connectivity index (χ4n) is 2.37. The van der Waals surface area contributed by atoms with Gasteiger partial charge in [0.05, 0.1) is 0 Å². The molecule has 1 N–H and O–H groups in total. The standard InChI is InChI=1S/C13H27N/c1-5-10(2)9-14-13-8-6-7-11(3)12(13)4/h10-14H,5-9H2,1-4H3. The maximum absolute atomic E-state index is 3.75. The zero-order valence-electron chi connectivity index (χ0n) is 10.3. The molecule has 0 amide bonds. The Morgan fingerprint density at radius 3 is 2.64 bits per heavy atom. The Hall–Kier alpha value is -0.0400. The van der Waals surface area contributed by atoms with Gasteiger partial charge in [-0.05, 0) is 30.7 Å². The maximum atomic E-state index is 3.75. The van der Waals surface area contributed by atoms with Gasteiger partial charge < -0.3 is 5.32 Å². The van der Waals surface area contributed by atoms with E-state index < -0.39 is 0 Å². The molecule has 0 saturated heterocycles. The average Bonchev–Trinajstić information content (AvgIpc) is 2.20. The first-order valence-corrected chi connectivity index (χ1v) is 6.38. The Balaban J connectivity index is 2.28. The second kappa shape index (κ2) is 5.75. The van der Waals surface area contributed by atoms with Gasteiger partial charge in [0.1, 0.15) is 0 Å². The van der Waals surface area contributed by atoms with E-state index in [1.807, 2.05) is 0 Å². The molecule has 0 heterocycles. The van der Waals surface area contributed by atoms with Crippen molar-refractivity contribution in [3.8, 4) is 0 Å². The highest BCUT2D eigenvalue weighted by Crippen LogP contribution is 2.29. The van der Waals surface area contributed by atoms with Gasteiger partial charge in [0.2, 0.25) is 0 Å². The summed E-state index contributed by atoms with van der Waals surface area (Å²) < 4.78 is 0. The fraction of sp³-hybridized carbons (Fsp3) is 1.00. The van der Waals surface area contributed by atoms with Crippen LogP contribution in [0.5, 0.6) is 0 Å². The zero-order chi connectivity index (χ0) is 10.6. The van der Waals surface area contributed by atoms with Crippen molar-refractivity contribution >= 4 is 0 Å². The summed E-state index contributed by atoms with van der Waals surface area (Å²) in [6.07, 6.45) is 5.54. The SMILES string of the molecule is CCC(C)CNC1CCCC(C)C1C. The van der Waals surface area contributed by atoms with Crippen LogP contribution >= 0.6 is 0 Å². The van der Waals surface area contributed by atoms with E-state index in [1.54, 1.807) is 0 Å². The van der Waals surface area contributed by atoms with Crippen LogP contribution in [0.1, 0.15) is 53.4 Å². The summed E-state index contributed by atoms with van der Waals surface area (Å²) in [5.41, 5.74) is 0. The lowest BCUT2D eigenvalue weighted by molar-refractivity contribution is 0.201. The first kappa shape index (κ1) is 12.0. The van der Waals surface area contributed by atoms with Crippen molar-refractivity contribution in [3.63, 3.8) is 0 Å². The van der Waals surface area contributed by atoms with E-state index in [0.717, 1.165) is 23.8 Å². The molecule has 14 heavy (non-hydrogen) atoms. The molecule has 1 heteroatoms. The number of hydrogen-bond acceptors (Lipinski definition) is 1. The Bertz CT molecular complexity index is 155. The highest BCUT2D eigenvalue weighted by Gasteiger charge is 2.26. The van der Waals surface area contributed by atoms with Gasteiger partial charge in [-0.3, -0.25) is 0 Å². The zero-order valence-corrected chi connectivity index (χ0v) is 10.3. The Labute approximate surface area is 89.7 Å². The molecule has 0 aromatic carbocycles. The van der Waals surface area contributed by atoms with Crippen molar-refractivity contribution in [2.75, 3.05) is 6.54 Å². The topological polar surface area (TPSA) is 12.0 Å². The molecule has 0 spiro atoms. The van der Waals surface area contributed by atoms with E-state index in [9.17, 15) is 0 Å². The quantitative estimate of drug-likeness (QED) is 0.728. The summed E-state index contributed by atoms with van der Waals surface area (Å²) in [6, 6.07) is 0.785. The van der Waals surface area contributed by atoms with Crippen LogP contribution in [-0.2, 0) is 0 Å². The van der Waals surface area contributed by atoms with Crippen molar-refractivity contribution in [1.82, 2.24) is 5.32 Å². The molecule has 0 bridgehead atoms. The van der Waals surface area contributed by atoms with Gasteiger partial charge in [-0.1, -0.05) is 47.0 Å². The number of hydrogen-bond donors (Lipinski definition) is 1. The normalized spacial score (nSPS) is 35.6. The molecule has 1 aliphatic carbocycles. The van der Waals surface area contributed by atoms with Crippen LogP contribution in [0.25, 0.3) is 0 Å². The van der Waals surface area contributed by atoms with Crippen LogP contribution in [-0.4, -0.2) is 12.6 Å². The molecule has 1 aliphatic rings. The van der Waals surface area contributed by atoms with Crippen LogP contribution < -0.4 is 5.32 Å². The smallest absolute Gasteiger partial charge is 0.00953 e. The third-order valence-corrected chi connectivity index (χ3v) is 4.13. The Morgan fingerprint density at radius 1 is 1.29 bits per heavy atom. The Morgan fingerprint density at radius 2 is 2.00 bits per heavy atom. The van der Waals surface area contributed by atoms with Crippen molar-refractivity contribution in [2.24, 2.45) is 17.8 Å². The minimum atomic E-state index is 0.785. The van der Waals surface area contributed by atoms with Crippen LogP contribution in [0.4, 0.5) is 0 Å². The van der Waals surface area contributed by atoms with Gasteiger partial charge in [-0.25, -0.2) is 0 Å². The summed E-state index contributed by atoms with van der Waals surface area (Å²) >= 11 is 0. The van der Waals surface area contributed by atoms with Gasteiger partial charge in [-0.2, -0.15) is 0 Å². The maximum Gasteiger partial charge on any atom is 0.00953 e. The summed E-state index contributed by atoms with van der Waals surface area (Å²) in [5.74, 6) is 2.62. The molecule has 0 radical (unpaired) electrons.